The van der Waals surface area contributed by atoms with Crippen molar-refractivity contribution in [3.63, 3.8) is 0 Å². The Hall–Kier alpha value is -3.58. The van der Waals surface area contributed by atoms with E-state index in [1.807, 2.05) is 0 Å². The van der Waals surface area contributed by atoms with E-state index >= 15 is 0 Å². The lowest BCUT2D eigenvalue weighted by Gasteiger charge is -2.11. The number of allylic oxidation sites excluding steroid dienone is 2. The number of halogens is 4. The molecule has 0 aliphatic carbocycles. The van der Waals surface area contributed by atoms with Crippen LogP contribution in [0.1, 0.15) is 10.4 Å². The van der Waals surface area contributed by atoms with Crippen LogP contribution in [0.15, 0.2) is 11.3 Å². The van der Waals surface area contributed by atoms with Gasteiger partial charge in [-0.05, 0) is 0 Å². The molecule has 0 unspecified atom stereocenters. The molecule has 1 aromatic carbocycles. The molecule has 0 aromatic heterocycles. The summed E-state index contributed by atoms with van der Waals surface area (Å²) in [6.07, 6.45) is 0. The van der Waals surface area contributed by atoms with Crippen LogP contribution in [0.25, 0.3) is 0 Å². The number of benzene rings is 1. The Labute approximate surface area is 119 Å². The maximum Gasteiger partial charge on any atom is 0.341 e. The fourth-order valence-corrected chi connectivity index (χ4v) is 1.34. The van der Waals surface area contributed by atoms with Crippen LogP contribution in [0.4, 0.5) is 23.2 Å². The summed E-state index contributed by atoms with van der Waals surface area (Å²) in [5.41, 5.74) is -5.27. The van der Waals surface area contributed by atoms with Crippen molar-refractivity contribution in [2.45, 2.75) is 0 Å². The van der Waals surface area contributed by atoms with E-state index in [-0.39, 0.29) is 0 Å². The molecule has 0 saturated carbocycles. The monoisotopic (exact) mass is 310 g/mol. The summed E-state index contributed by atoms with van der Waals surface area (Å²) in [6.45, 7) is 0. The fourth-order valence-electron chi connectivity index (χ4n) is 1.34. The second kappa shape index (κ2) is 6.25. The van der Waals surface area contributed by atoms with E-state index in [4.69, 9.17) is 20.9 Å². The van der Waals surface area contributed by atoms with Gasteiger partial charge in [0.15, 0.2) is 28.8 Å². The van der Waals surface area contributed by atoms with Gasteiger partial charge in [0.2, 0.25) is 0 Å². The van der Waals surface area contributed by atoms with Gasteiger partial charge in [-0.15, -0.1) is 0 Å². The fraction of sp³-hybridized carbons (Fsp3) is 0. The molecule has 1 aromatic rings. The van der Waals surface area contributed by atoms with E-state index in [0.717, 1.165) is 0 Å². The lowest BCUT2D eigenvalue weighted by atomic mass is 10.1. The lowest BCUT2D eigenvalue weighted by Crippen LogP contribution is -2.14. The molecule has 0 heterocycles. The highest BCUT2D eigenvalue weighted by Gasteiger charge is 2.30. The number of aromatic carboxylic acids is 1. The second-order valence-corrected chi connectivity index (χ2v) is 3.52. The van der Waals surface area contributed by atoms with E-state index in [1.165, 1.54) is 18.2 Å². The zero-order valence-electron chi connectivity index (χ0n) is 10.2. The first-order chi connectivity index (χ1) is 10.3. The van der Waals surface area contributed by atoms with Crippen LogP contribution < -0.4 is 5.32 Å². The predicted molar refractivity (Wildman–Crippen MR) is 60.7 cm³/mol. The molecular formula is C12H2F4N4O2. The second-order valence-electron chi connectivity index (χ2n) is 3.52. The molecule has 1 rings (SSSR count). The van der Waals surface area contributed by atoms with Crippen molar-refractivity contribution in [1.29, 1.82) is 15.8 Å². The topological polar surface area (TPSA) is 121 Å². The highest BCUT2D eigenvalue weighted by Crippen LogP contribution is 2.29. The van der Waals surface area contributed by atoms with Crippen LogP contribution in [0.5, 0.6) is 0 Å². The van der Waals surface area contributed by atoms with Gasteiger partial charge in [0, 0.05) is 0 Å². The normalized spacial score (nSPS) is 9.14. The van der Waals surface area contributed by atoms with E-state index in [0.29, 0.717) is 0 Å². The molecule has 110 valence electrons. The highest BCUT2D eigenvalue weighted by molar-refractivity contribution is 5.89. The zero-order chi connectivity index (χ0) is 17.0. The Kier molecular flexibility index (Phi) is 4.68. The first-order valence-corrected chi connectivity index (χ1v) is 5.10. The van der Waals surface area contributed by atoms with Gasteiger partial charge >= 0.3 is 5.97 Å². The minimum atomic E-state index is -2.25. The molecule has 0 aliphatic heterocycles. The number of hydrogen-bond acceptors (Lipinski definition) is 5. The number of carbonyl (C=O) groups is 1. The molecule has 10 heteroatoms. The molecule has 2 N–H and O–H groups in total. The number of anilines is 1. The third-order valence-electron chi connectivity index (χ3n) is 2.31. The van der Waals surface area contributed by atoms with Crippen LogP contribution in [-0.4, -0.2) is 11.1 Å². The van der Waals surface area contributed by atoms with Crippen molar-refractivity contribution >= 4 is 11.7 Å². The summed E-state index contributed by atoms with van der Waals surface area (Å²) in [5, 5.41) is 35.8. The molecule has 0 spiro atoms. The van der Waals surface area contributed by atoms with Gasteiger partial charge in [0.25, 0.3) is 0 Å². The maximum absolute atomic E-state index is 13.6. The standard InChI is InChI=1S/C12H2F4N4O2/c13-7-6(12(21)22)8(14)10(16)11(9(7)15)20-5(3-19)4(1-17)2-18/h20H,(H,21,22). The number of carboxylic acids is 1. The summed E-state index contributed by atoms with van der Waals surface area (Å²) in [4.78, 5) is 10.6. The first kappa shape index (κ1) is 16.5. The quantitative estimate of drug-likeness (QED) is 0.501. The third kappa shape index (κ3) is 2.65. The molecule has 0 atom stereocenters. The SMILES string of the molecule is N#CC(C#N)=C(C#N)Nc1c(F)c(F)c(C(=O)O)c(F)c1F. The summed E-state index contributed by atoms with van der Waals surface area (Å²) < 4.78 is 54.1. The Bertz CT molecular complexity index is 782. The van der Waals surface area contributed by atoms with Gasteiger partial charge in [-0.1, -0.05) is 0 Å². The molecule has 0 saturated heterocycles. The van der Waals surface area contributed by atoms with Crippen molar-refractivity contribution in [2.75, 3.05) is 5.32 Å². The molecule has 6 nitrogen and oxygen atoms in total. The van der Waals surface area contributed by atoms with Gasteiger partial charge in [0.05, 0.1) is 0 Å². The Balaban J connectivity index is 3.64. The number of nitriles is 3. The number of rotatable bonds is 3. The largest absolute Gasteiger partial charge is 0.477 e. The molecule has 0 radical (unpaired) electrons. The zero-order valence-corrected chi connectivity index (χ0v) is 10.2. The molecule has 0 bridgehead atoms. The van der Waals surface area contributed by atoms with Gasteiger partial charge in [0.1, 0.15) is 35.2 Å². The third-order valence-corrected chi connectivity index (χ3v) is 2.31. The van der Waals surface area contributed by atoms with Crippen molar-refractivity contribution in [2.24, 2.45) is 0 Å². The van der Waals surface area contributed by atoms with E-state index in [2.05, 4.69) is 0 Å². The number of hydrogen-bond donors (Lipinski definition) is 2. The number of nitrogens with one attached hydrogen (secondary N) is 1. The molecule has 22 heavy (non-hydrogen) atoms. The van der Waals surface area contributed by atoms with E-state index < -0.39 is 51.8 Å². The highest BCUT2D eigenvalue weighted by atomic mass is 19.2. The minimum absolute atomic E-state index is 0.899. The summed E-state index contributed by atoms with van der Waals surface area (Å²) in [5.74, 6) is -10.9. The van der Waals surface area contributed by atoms with Gasteiger partial charge < -0.3 is 10.4 Å². The summed E-state index contributed by atoms with van der Waals surface area (Å²) in [6, 6.07) is 3.67. The van der Waals surface area contributed by atoms with Crippen molar-refractivity contribution < 1.29 is 27.5 Å². The lowest BCUT2D eigenvalue weighted by molar-refractivity contribution is 0.0683. The minimum Gasteiger partial charge on any atom is -0.477 e. The predicted octanol–water partition coefficient (Wildman–Crippen LogP) is 2.18. The smallest absolute Gasteiger partial charge is 0.341 e. The van der Waals surface area contributed by atoms with Crippen LogP contribution in [0.2, 0.25) is 0 Å². The van der Waals surface area contributed by atoms with Gasteiger partial charge in [-0.3, -0.25) is 0 Å². The molecule has 0 aliphatic rings. The van der Waals surface area contributed by atoms with Crippen molar-refractivity contribution in [3.05, 3.63) is 40.1 Å². The van der Waals surface area contributed by atoms with Crippen LogP contribution in [-0.2, 0) is 0 Å². The van der Waals surface area contributed by atoms with Gasteiger partial charge in [-0.2, -0.15) is 15.8 Å². The molecule has 0 amide bonds. The average molecular weight is 310 g/mol. The van der Waals surface area contributed by atoms with Crippen LogP contribution >= 0.6 is 0 Å². The van der Waals surface area contributed by atoms with Crippen LogP contribution in [0.3, 0.4) is 0 Å². The van der Waals surface area contributed by atoms with E-state index in [1.54, 1.807) is 5.32 Å². The average Bonchev–Trinajstić information content (AvgIpc) is 2.48. The first-order valence-electron chi connectivity index (χ1n) is 5.10. The molecular weight excluding hydrogens is 308 g/mol. The van der Waals surface area contributed by atoms with Gasteiger partial charge in [-0.25, -0.2) is 22.4 Å². The molecule has 0 fully saturated rings. The van der Waals surface area contributed by atoms with E-state index in [9.17, 15) is 22.4 Å². The van der Waals surface area contributed by atoms with Crippen LogP contribution in [0, 0.1) is 57.3 Å². The number of nitrogens with zero attached hydrogens (tertiary/aromatic N) is 3. The Morgan fingerprint density at radius 1 is 0.909 bits per heavy atom. The maximum atomic E-state index is 13.6. The number of carboxylic acid groups (broad SMARTS) is 1. The van der Waals surface area contributed by atoms with Crippen molar-refractivity contribution in [3.8, 4) is 18.2 Å². The Morgan fingerprint density at radius 3 is 1.68 bits per heavy atom. The Morgan fingerprint density at radius 2 is 1.36 bits per heavy atom. The summed E-state index contributed by atoms with van der Waals surface area (Å²) in [7, 11) is 0. The summed E-state index contributed by atoms with van der Waals surface area (Å²) >= 11 is 0. The van der Waals surface area contributed by atoms with Crippen molar-refractivity contribution in [1.82, 2.24) is 0 Å².